The molecule has 0 aromatic rings. The molecule has 0 unspecified atom stereocenters. The van der Waals surface area contributed by atoms with Gasteiger partial charge in [-0.25, -0.2) is 4.79 Å². The molecule has 1 amide bonds. The van der Waals surface area contributed by atoms with Gasteiger partial charge in [0.05, 0.1) is 6.61 Å². The smallest absolute Gasteiger partial charge is 0.397 e. The summed E-state index contributed by atoms with van der Waals surface area (Å²) >= 11 is 0. The van der Waals surface area contributed by atoms with Crippen molar-refractivity contribution in [1.82, 2.24) is 4.90 Å². The van der Waals surface area contributed by atoms with Crippen molar-refractivity contribution in [2.45, 2.75) is 51.9 Å². The monoisotopic (exact) mass is 253 g/mol. The highest BCUT2D eigenvalue weighted by atomic mass is 16.5. The Labute approximate surface area is 109 Å². The maximum absolute atomic E-state index is 11.8. The molecule has 1 aliphatic heterocycles. The third-order valence-electron chi connectivity index (χ3n) is 4.48. The van der Waals surface area contributed by atoms with Crippen molar-refractivity contribution in [2.24, 2.45) is 5.41 Å². The number of carbonyl (C=O) groups excluding carboxylic acids is 2. The van der Waals surface area contributed by atoms with Gasteiger partial charge in [0, 0.05) is 13.1 Å². The third kappa shape index (κ3) is 2.85. The molecule has 0 bridgehead atoms. The molecular weight excluding hydrogens is 230 g/mol. The van der Waals surface area contributed by atoms with Gasteiger partial charge in [-0.15, -0.1) is 0 Å². The number of ether oxygens (including phenoxy) is 1. The minimum Gasteiger partial charge on any atom is -0.459 e. The first-order valence-corrected chi connectivity index (χ1v) is 7.13. The zero-order valence-corrected chi connectivity index (χ0v) is 11.2. The molecule has 0 atom stereocenters. The molecule has 1 spiro atoms. The molecule has 2 rings (SSSR count). The van der Waals surface area contributed by atoms with E-state index in [0.29, 0.717) is 5.41 Å². The number of hydrogen-bond acceptors (Lipinski definition) is 3. The molecule has 2 fully saturated rings. The van der Waals surface area contributed by atoms with E-state index in [1.165, 1.54) is 32.1 Å². The van der Waals surface area contributed by atoms with Crippen molar-refractivity contribution in [3.8, 4) is 0 Å². The lowest BCUT2D eigenvalue weighted by Crippen LogP contribution is -2.46. The molecule has 0 N–H and O–H groups in total. The van der Waals surface area contributed by atoms with Crippen LogP contribution in [0.1, 0.15) is 51.9 Å². The number of hydrogen-bond donors (Lipinski definition) is 0. The molecule has 0 aromatic heterocycles. The molecule has 1 saturated carbocycles. The van der Waals surface area contributed by atoms with E-state index >= 15 is 0 Å². The zero-order chi connectivity index (χ0) is 13.0. The van der Waals surface area contributed by atoms with Crippen LogP contribution in [-0.4, -0.2) is 36.5 Å². The van der Waals surface area contributed by atoms with Gasteiger partial charge < -0.3 is 9.64 Å². The lowest BCUT2D eigenvalue weighted by atomic mass is 9.68. The molecule has 1 saturated heterocycles. The van der Waals surface area contributed by atoms with Crippen LogP contribution in [0.2, 0.25) is 0 Å². The topological polar surface area (TPSA) is 46.6 Å². The molecule has 1 heterocycles. The third-order valence-corrected chi connectivity index (χ3v) is 4.48. The van der Waals surface area contributed by atoms with Crippen LogP contribution in [-0.2, 0) is 14.3 Å². The van der Waals surface area contributed by atoms with Gasteiger partial charge in [0.1, 0.15) is 0 Å². The Hall–Kier alpha value is -1.06. The molecular formula is C14H23NO3. The fraction of sp³-hybridized carbons (Fsp3) is 0.857. The van der Waals surface area contributed by atoms with Crippen LogP contribution in [0.15, 0.2) is 0 Å². The fourth-order valence-electron chi connectivity index (χ4n) is 3.31. The summed E-state index contributed by atoms with van der Waals surface area (Å²) in [5, 5.41) is 0. The Morgan fingerprint density at radius 2 is 1.67 bits per heavy atom. The van der Waals surface area contributed by atoms with Crippen LogP contribution in [0, 0.1) is 5.41 Å². The molecule has 102 valence electrons. The summed E-state index contributed by atoms with van der Waals surface area (Å²) in [7, 11) is 0. The lowest BCUT2D eigenvalue weighted by molar-refractivity contribution is -0.161. The van der Waals surface area contributed by atoms with Gasteiger partial charge in [-0.1, -0.05) is 19.3 Å². The molecule has 2 aliphatic rings. The highest BCUT2D eigenvalue weighted by molar-refractivity contribution is 6.32. The molecule has 0 aromatic carbocycles. The summed E-state index contributed by atoms with van der Waals surface area (Å²) in [6.07, 6.45) is 8.71. The van der Waals surface area contributed by atoms with Gasteiger partial charge in [0.25, 0.3) is 0 Å². The summed E-state index contributed by atoms with van der Waals surface area (Å²) in [5.74, 6) is -1.15. The number of likely N-dealkylation sites (tertiary alicyclic amines) is 1. The number of rotatable bonds is 1. The van der Waals surface area contributed by atoms with E-state index in [1.807, 2.05) is 0 Å². The first kappa shape index (κ1) is 13.4. The van der Waals surface area contributed by atoms with E-state index in [1.54, 1.807) is 11.8 Å². The van der Waals surface area contributed by atoms with Crippen molar-refractivity contribution in [2.75, 3.05) is 19.7 Å². The zero-order valence-electron chi connectivity index (χ0n) is 11.2. The highest BCUT2D eigenvalue weighted by Gasteiger charge is 2.37. The molecule has 1 aliphatic carbocycles. The molecule has 4 nitrogen and oxygen atoms in total. The number of piperidine rings is 1. The summed E-state index contributed by atoms with van der Waals surface area (Å²) < 4.78 is 4.76. The van der Waals surface area contributed by atoms with Crippen LogP contribution >= 0.6 is 0 Å². The largest absolute Gasteiger partial charge is 0.459 e. The fourth-order valence-corrected chi connectivity index (χ4v) is 3.31. The maximum atomic E-state index is 11.8. The summed E-state index contributed by atoms with van der Waals surface area (Å²) in [6, 6.07) is 0. The van der Waals surface area contributed by atoms with Crippen LogP contribution < -0.4 is 0 Å². The van der Waals surface area contributed by atoms with Gasteiger partial charge in [-0.2, -0.15) is 0 Å². The van der Waals surface area contributed by atoms with E-state index in [2.05, 4.69) is 0 Å². The van der Waals surface area contributed by atoms with E-state index in [-0.39, 0.29) is 6.61 Å². The average molecular weight is 253 g/mol. The van der Waals surface area contributed by atoms with Crippen molar-refractivity contribution in [3.63, 3.8) is 0 Å². The van der Waals surface area contributed by atoms with Crippen molar-refractivity contribution in [3.05, 3.63) is 0 Å². The highest BCUT2D eigenvalue weighted by Crippen LogP contribution is 2.44. The summed E-state index contributed by atoms with van der Waals surface area (Å²) in [6.45, 7) is 3.43. The van der Waals surface area contributed by atoms with Crippen LogP contribution in [0.3, 0.4) is 0 Å². The standard InChI is InChI=1S/C14H23NO3/c1-2-18-13(17)12(16)15-10-8-14(9-11-15)6-4-3-5-7-14/h2-11H2,1H3. The molecule has 0 radical (unpaired) electrons. The van der Waals surface area contributed by atoms with Gasteiger partial charge in [0.15, 0.2) is 0 Å². The molecule has 18 heavy (non-hydrogen) atoms. The second-order valence-corrected chi connectivity index (χ2v) is 5.57. The van der Waals surface area contributed by atoms with Gasteiger partial charge in [0.2, 0.25) is 0 Å². The normalized spacial score (nSPS) is 22.8. The summed E-state index contributed by atoms with van der Waals surface area (Å²) in [4.78, 5) is 24.9. The minimum atomic E-state index is -0.697. The van der Waals surface area contributed by atoms with E-state index in [9.17, 15) is 9.59 Å². The van der Waals surface area contributed by atoms with Crippen molar-refractivity contribution >= 4 is 11.9 Å². The Morgan fingerprint density at radius 3 is 2.22 bits per heavy atom. The number of amides is 1. The predicted octanol–water partition coefficient (Wildman–Crippen LogP) is 2.12. The van der Waals surface area contributed by atoms with Gasteiger partial charge in [-0.05, 0) is 38.0 Å². The van der Waals surface area contributed by atoms with Gasteiger partial charge >= 0.3 is 11.9 Å². The van der Waals surface area contributed by atoms with E-state index < -0.39 is 11.9 Å². The molecule has 4 heteroatoms. The Kier molecular flexibility index (Phi) is 4.25. The maximum Gasteiger partial charge on any atom is 0.397 e. The van der Waals surface area contributed by atoms with E-state index in [0.717, 1.165) is 25.9 Å². The first-order chi connectivity index (χ1) is 8.67. The quantitative estimate of drug-likeness (QED) is 0.531. The van der Waals surface area contributed by atoms with Crippen LogP contribution in [0.25, 0.3) is 0 Å². The van der Waals surface area contributed by atoms with Crippen molar-refractivity contribution in [1.29, 1.82) is 0 Å². The number of esters is 1. The minimum absolute atomic E-state index is 0.266. The Morgan fingerprint density at radius 1 is 1.06 bits per heavy atom. The summed E-state index contributed by atoms with van der Waals surface area (Å²) in [5.41, 5.74) is 0.462. The number of nitrogens with zero attached hydrogens (tertiary/aromatic N) is 1. The SMILES string of the molecule is CCOC(=O)C(=O)N1CCC2(CCCCC2)CC1. The number of carbonyl (C=O) groups is 2. The predicted molar refractivity (Wildman–Crippen MR) is 68.0 cm³/mol. The first-order valence-electron chi connectivity index (χ1n) is 7.13. The lowest BCUT2D eigenvalue weighted by Gasteiger charge is -2.44. The van der Waals surface area contributed by atoms with Crippen LogP contribution in [0.4, 0.5) is 0 Å². The van der Waals surface area contributed by atoms with Crippen molar-refractivity contribution < 1.29 is 14.3 Å². The van der Waals surface area contributed by atoms with Crippen LogP contribution in [0.5, 0.6) is 0 Å². The second-order valence-electron chi connectivity index (χ2n) is 5.57. The average Bonchev–Trinajstić information content (AvgIpc) is 2.40. The Balaban J connectivity index is 1.86. The Bertz CT molecular complexity index is 311. The van der Waals surface area contributed by atoms with E-state index in [4.69, 9.17) is 4.74 Å². The van der Waals surface area contributed by atoms with Gasteiger partial charge in [-0.3, -0.25) is 4.79 Å². The second kappa shape index (κ2) is 5.72.